The summed E-state index contributed by atoms with van der Waals surface area (Å²) in [5, 5.41) is 3.39. The highest BCUT2D eigenvalue weighted by molar-refractivity contribution is 9.10. The minimum Gasteiger partial charge on any atom is -0.486 e. The fourth-order valence-corrected chi connectivity index (χ4v) is 2.96. The van der Waals surface area contributed by atoms with Crippen molar-refractivity contribution in [2.75, 3.05) is 13.1 Å². The summed E-state index contributed by atoms with van der Waals surface area (Å²) in [6.45, 7) is 6.31. The molecule has 1 aliphatic rings. The zero-order valence-corrected chi connectivity index (χ0v) is 12.8. The average Bonchev–Trinajstić information content (AvgIpc) is 2.29. The van der Waals surface area contributed by atoms with E-state index in [9.17, 15) is 0 Å². The highest BCUT2D eigenvalue weighted by Gasteiger charge is 2.39. The maximum atomic E-state index is 6.28. The Labute approximate surface area is 118 Å². The SMILES string of the molecule is CCNCCC1(Oc2ccc(C)cc2Br)CCC1. The molecule has 1 aromatic carbocycles. The van der Waals surface area contributed by atoms with E-state index in [1.165, 1.54) is 24.8 Å². The average molecular weight is 312 g/mol. The lowest BCUT2D eigenvalue weighted by atomic mass is 9.77. The summed E-state index contributed by atoms with van der Waals surface area (Å²) in [5.74, 6) is 0.983. The Morgan fingerprint density at radius 1 is 1.39 bits per heavy atom. The van der Waals surface area contributed by atoms with Crippen molar-refractivity contribution >= 4 is 15.9 Å². The van der Waals surface area contributed by atoms with Crippen LogP contribution in [0.1, 0.15) is 38.2 Å². The summed E-state index contributed by atoms with van der Waals surface area (Å²) >= 11 is 3.59. The predicted molar refractivity (Wildman–Crippen MR) is 79.2 cm³/mol. The smallest absolute Gasteiger partial charge is 0.134 e. The van der Waals surface area contributed by atoms with Gasteiger partial charge in [0.05, 0.1) is 4.47 Å². The summed E-state index contributed by atoms with van der Waals surface area (Å²) in [4.78, 5) is 0. The number of hydrogen-bond acceptors (Lipinski definition) is 2. The van der Waals surface area contributed by atoms with Crippen LogP contribution in [0.5, 0.6) is 5.75 Å². The van der Waals surface area contributed by atoms with Gasteiger partial charge in [-0.25, -0.2) is 0 Å². The predicted octanol–water partition coefficient (Wildman–Crippen LogP) is 4.06. The highest BCUT2D eigenvalue weighted by atomic mass is 79.9. The van der Waals surface area contributed by atoms with Crippen molar-refractivity contribution in [1.82, 2.24) is 5.32 Å². The standard InChI is InChI=1S/C15H22BrNO/c1-3-17-10-9-15(7-4-8-15)18-14-6-5-12(2)11-13(14)16/h5-6,11,17H,3-4,7-10H2,1-2H3. The zero-order chi connectivity index (χ0) is 13.0. The van der Waals surface area contributed by atoms with Gasteiger partial charge in [-0.3, -0.25) is 0 Å². The molecule has 1 fully saturated rings. The van der Waals surface area contributed by atoms with Crippen molar-refractivity contribution < 1.29 is 4.74 Å². The van der Waals surface area contributed by atoms with Gasteiger partial charge in [0, 0.05) is 0 Å². The van der Waals surface area contributed by atoms with Gasteiger partial charge in [-0.2, -0.15) is 0 Å². The fourth-order valence-electron chi connectivity index (χ4n) is 2.39. The molecular formula is C15H22BrNO. The number of rotatable bonds is 6. The van der Waals surface area contributed by atoms with Crippen LogP contribution in [0.3, 0.4) is 0 Å². The van der Waals surface area contributed by atoms with Crippen molar-refractivity contribution in [3.8, 4) is 5.75 Å². The molecule has 0 bridgehead atoms. The molecule has 18 heavy (non-hydrogen) atoms. The quantitative estimate of drug-likeness (QED) is 0.800. The Hall–Kier alpha value is -0.540. The van der Waals surface area contributed by atoms with E-state index < -0.39 is 0 Å². The third kappa shape index (κ3) is 3.27. The molecule has 0 saturated heterocycles. The molecule has 0 spiro atoms. The maximum Gasteiger partial charge on any atom is 0.134 e. The van der Waals surface area contributed by atoms with Gasteiger partial charge < -0.3 is 10.1 Å². The summed E-state index contributed by atoms with van der Waals surface area (Å²) in [6.07, 6.45) is 4.74. The number of hydrogen-bond donors (Lipinski definition) is 1. The van der Waals surface area contributed by atoms with E-state index in [0.29, 0.717) is 0 Å². The van der Waals surface area contributed by atoms with Crippen LogP contribution in [0.15, 0.2) is 22.7 Å². The number of aryl methyl sites for hydroxylation is 1. The van der Waals surface area contributed by atoms with Crippen molar-refractivity contribution in [1.29, 1.82) is 0 Å². The van der Waals surface area contributed by atoms with Crippen LogP contribution in [-0.2, 0) is 0 Å². The summed E-state index contributed by atoms with van der Waals surface area (Å²) in [6, 6.07) is 6.30. The van der Waals surface area contributed by atoms with Crippen molar-refractivity contribution in [3.05, 3.63) is 28.2 Å². The molecule has 1 aromatic rings. The zero-order valence-electron chi connectivity index (χ0n) is 11.3. The number of nitrogens with one attached hydrogen (secondary N) is 1. The molecule has 0 aliphatic heterocycles. The van der Waals surface area contributed by atoms with Gasteiger partial charge in [-0.15, -0.1) is 0 Å². The normalized spacial score (nSPS) is 17.3. The second-order valence-electron chi connectivity index (χ2n) is 5.18. The lowest BCUT2D eigenvalue weighted by Crippen LogP contribution is -2.45. The third-order valence-electron chi connectivity index (χ3n) is 3.69. The molecule has 3 heteroatoms. The summed E-state index contributed by atoms with van der Waals surface area (Å²) < 4.78 is 7.35. The van der Waals surface area contributed by atoms with Gasteiger partial charge in [0.25, 0.3) is 0 Å². The van der Waals surface area contributed by atoms with Crippen molar-refractivity contribution in [3.63, 3.8) is 0 Å². The van der Waals surface area contributed by atoms with Crippen LogP contribution in [0.2, 0.25) is 0 Å². The van der Waals surface area contributed by atoms with Crippen LogP contribution >= 0.6 is 15.9 Å². The minimum atomic E-state index is 0.0694. The molecule has 100 valence electrons. The largest absolute Gasteiger partial charge is 0.486 e. The van der Waals surface area contributed by atoms with E-state index in [1.807, 2.05) is 0 Å². The Balaban J connectivity index is 2.01. The molecule has 0 radical (unpaired) electrons. The van der Waals surface area contributed by atoms with Gasteiger partial charge in [-0.1, -0.05) is 13.0 Å². The monoisotopic (exact) mass is 311 g/mol. The molecule has 1 saturated carbocycles. The molecule has 0 heterocycles. The van der Waals surface area contributed by atoms with Crippen molar-refractivity contribution in [2.45, 2.75) is 45.1 Å². The van der Waals surface area contributed by atoms with E-state index in [2.05, 4.69) is 53.3 Å². The first-order valence-corrected chi connectivity index (χ1v) is 7.60. The summed E-state index contributed by atoms with van der Waals surface area (Å²) in [7, 11) is 0. The topological polar surface area (TPSA) is 21.3 Å². The molecule has 0 unspecified atom stereocenters. The first-order valence-electron chi connectivity index (χ1n) is 6.81. The van der Waals surface area contributed by atoms with Gasteiger partial charge in [0.15, 0.2) is 0 Å². The minimum absolute atomic E-state index is 0.0694. The van der Waals surface area contributed by atoms with Gasteiger partial charge in [0.1, 0.15) is 11.4 Å². The van der Waals surface area contributed by atoms with E-state index in [4.69, 9.17) is 4.74 Å². The third-order valence-corrected chi connectivity index (χ3v) is 4.31. The number of halogens is 1. The second kappa shape index (κ2) is 6.07. The molecule has 0 aromatic heterocycles. The Bertz CT molecular complexity index is 401. The molecule has 1 N–H and O–H groups in total. The molecule has 0 amide bonds. The lowest BCUT2D eigenvalue weighted by molar-refractivity contribution is -0.0147. The molecule has 2 rings (SSSR count). The molecule has 0 atom stereocenters. The molecular weight excluding hydrogens is 290 g/mol. The van der Waals surface area contributed by atoms with Crippen LogP contribution < -0.4 is 10.1 Å². The summed E-state index contributed by atoms with van der Waals surface area (Å²) in [5.41, 5.74) is 1.32. The van der Waals surface area contributed by atoms with E-state index in [1.54, 1.807) is 0 Å². The van der Waals surface area contributed by atoms with Gasteiger partial charge in [0.2, 0.25) is 0 Å². The fraction of sp³-hybridized carbons (Fsp3) is 0.600. The van der Waals surface area contributed by atoms with Crippen LogP contribution in [0, 0.1) is 6.92 Å². The Kier molecular flexibility index (Phi) is 4.68. The lowest BCUT2D eigenvalue weighted by Gasteiger charge is -2.42. The Morgan fingerprint density at radius 3 is 2.72 bits per heavy atom. The van der Waals surface area contributed by atoms with E-state index in [0.717, 1.165) is 29.7 Å². The van der Waals surface area contributed by atoms with E-state index in [-0.39, 0.29) is 5.60 Å². The first-order chi connectivity index (χ1) is 8.65. The Morgan fingerprint density at radius 2 is 2.17 bits per heavy atom. The van der Waals surface area contributed by atoms with Crippen LogP contribution in [0.4, 0.5) is 0 Å². The number of benzene rings is 1. The van der Waals surface area contributed by atoms with Crippen LogP contribution in [0.25, 0.3) is 0 Å². The van der Waals surface area contributed by atoms with E-state index >= 15 is 0 Å². The first kappa shape index (κ1) is 13.9. The molecule has 2 nitrogen and oxygen atoms in total. The van der Waals surface area contributed by atoms with Crippen LogP contribution in [-0.4, -0.2) is 18.7 Å². The van der Waals surface area contributed by atoms with Gasteiger partial charge in [-0.05, 0) is 79.3 Å². The second-order valence-corrected chi connectivity index (χ2v) is 6.03. The van der Waals surface area contributed by atoms with Gasteiger partial charge >= 0.3 is 0 Å². The highest BCUT2D eigenvalue weighted by Crippen LogP contribution is 2.41. The maximum absolute atomic E-state index is 6.28. The number of ether oxygens (including phenoxy) is 1. The molecule has 1 aliphatic carbocycles. The van der Waals surface area contributed by atoms with Crippen molar-refractivity contribution in [2.24, 2.45) is 0 Å².